The Morgan fingerprint density at radius 1 is 1.23 bits per heavy atom. The summed E-state index contributed by atoms with van der Waals surface area (Å²) in [5.41, 5.74) is 1.46. The molecular formula is C17H14FNO3. The second-order valence-electron chi connectivity index (χ2n) is 4.96. The molecule has 0 saturated heterocycles. The topological polar surface area (TPSA) is 51.5 Å². The SMILES string of the molecule is COc1ccc(F)cc1C(C#N)Cc1ccc2c(c1)OCO2. The first-order valence-electron chi connectivity index (χ1n) is 6.83. The lowest BCUT2D eigenvalue weighted by Crippen LogP contribution is -2.04. The number of benzene rings is 2. The van der Waals surface area contributed by atoms with Crippen molar-refractivity contribution in [2.45, 2.75) is 12.3 Å². The fourth-order valence-electron chi connectivity index (χ4n) is 2.51. The largest absolute Gasteiger partial charge is 0.496 e. The van der Waals surface area contributed by atoms with Gasteiger partial charge in [0.05, 0.1) is 19.1 Å². The Balaban J connectivity index is 1.89. The Morgan fingerprint density at radius 2 is 2.05 bits per heavy atom. The van der Waals surface area contributed by atoms with Crippen LogP contribution in [0.5, 0.6) is 17.2 Å². The third kappa shape index (κ3) is 2.68. The maximum Gasteiger partial charge on any atom is 0.231 e. The molecule has 1 aliphatic rings. The molecule has 0 fully saturated rings. The summed E-state index contributed by atoms with van der Waals surface area (Å²) in [6.45, 7) is 0.207. The van der Waals surface area contributed by atoms with E-state index in [1.807, 2.05) is 18.2 Å². The molecule has 1 heterocycles. The Kier molecular flexibility index (Phi) is 3.84. The Hall–Kier alpha value is -2.74. The van der Waals surface area contributed by atoms with Gasteiger partial charge in [-0.15, -0.1) is 0 Å². The average Bonchev–Trinajstić information content (AvgIpc) is 3.00. The first kappa shape index (κ1) is 14.2. The van der Waals surface area contributed by atoms with Gasteiger partial charge in [-0.05, 0) is 42.3 Å². The molecule has 0 spiro atoms. The summed E-state index contributed by atoms with van der Waals surface area (Å²) in [6.07, 6.45) is 0.437. The van der Waals surface area contributed by atoms with Crippen LogP contribution >= 0.6 is 0 Å². The summed E-state index contributed by atoms with van der Waals surface area (Å²) >= 11 is 0. The highest BCUT2D eigenvalue weighted by atomic mass is 19.1. The van der Waals surface area contributed by atoms with Gasteiger partial charge in [0.25, 0.3) is 0 Å². The van der Waals surface area contributed by atoms with Gasteiger partial charge in [0.15, 0.2) is 11.5 Å². The molecule has 112 valence electrons. The molecular weight excluding hydrogens is 285 g/mol. The molecule has 0 aliphatic carbocycles. The standard InChI is InChI=1S/C17H14FNO3/c1-20-15-5-3-13(18)8-14(15)12(9-19)6-11-2-4-16-17(7-11)22-10-21-16/h2-5,7-8,12H,6,10H2,1H3. The molecule has 0 N–H and O–H groups in total. The van der Waals surface area contributed by atoms with Crippen molar-refractivity contribution in [3.05, 3.63) is 53.3 Å². The van der Waals surface area contributed by atoms with Gasteiger partial charge in [-0.3, -0.25) is 0 Å². The van der Waals surface area contributed by atoms with Crippen molar-refractivity contribution in [1.82, 2.24) is 0 Å². The van der Waals surface area contributed by atoms with Crippen molar-refractivity contribution < 1.29 is 18.6 Å². The predicted molar refractivity (Wildman–Crippen MR) is 77.6 cm³/mol. The predicted octanol–water partition coefficient (Wildman–Crippen LogP) is 3.41. The zero-order chi connectivity index (χ0) is 15.5. The number of fused-ring (bicyclic) bond motifs is 1. The number of methoxy groups -OCH3 is 1. The number of nitrogens with zero attached hydrogens (tertiary/aromatic N) is 1. The average molecular weight is 299 g/mol. The summed E-state index contributed by atoms with van der Waals surface area (Å²) in [7, 11) is 1.51. The highest BCUT2D eigenvalue weighted by molar-refractivity contribution is 5.46. The van der Waals surface area contributed by atoms with Crippen LogP contribution in [0.1, 0.15) is 17.0 Å². The van der Waals surface area contributed by atoms with E-state index < -0.39 is 5.92 Å². The number of hydrogen-bond acceptors (Lipinski definition) is 4. The summed E-state index contributed by atoms with van der Waals surface area (Å²) in [6, 6.07) is 12.0. The first-order chi connectivity index (χ1) is 10.7. The van der Waals surface area contributed by atoms with Crippen molar-refractivity contribution in [1.29, 1.82) is 5.26 Å². The van der Waals surface area contributed by atoms with Crippen LogP contribution in [0.15, 0.2) is 36.4 Å². The second kappa shape index (κ2) is 5.94. The van der Waals surface area contributed by atoms with Gasteiger partial charge in [-0.2, -0.15) is 5.26 Å². The van der Waals surface area contributed by atoms with Crippen LogP contribution in [-0.2, 0) is 6.42 Å². The van der Waals surface area contributed by atoms with Crippen molar-refractivity contribution in [3.8, 4) is 23.3 Å². The number of halogens is 1. The number of ether oxygens (including phenoxy) is 3. The number of rotatable bonds is 4. The smallest absolute Gasteiger partial charge is 0.231 e. The summed E-state index contributed by atoms with van der Waals surface area (Å²) in [4.78, 5) is 0. The maximum absolute atomic E-state index is 13.5. The molecule has 0 aromatic heterocycles. The second-order valence-corrected chi connectivity index (χ2v) is 4.96. The van der Waals surface area contributed by atoms with E-state index in [-0.39, 0.29) is 12.6 Å². The molecule has 0 bridgehead atoms. The van der Waals surface area contributed by atoms with E-state index >= 15 is 0 Å². The zero-order valence-corrected chi connectivity index (χ0v) is 12.0. The molecule has 5 heteroatoms. The van der Waals surface area contributed by atoms with Gasteiger partial charge in [-0.1, -0.05) is 6.07 Å². The molecule has 2 aromatic rings. The van der Waals surface area contributed by atoms with Gasteiger partial charge < -0.3 is 14.2 Å². The normalized spacial score (nSPS) is 13.5. The van der Waals surface area contributed by atoms with Gasteiger partial charge in [-0.25, -0.2) is 4.39 Å². The lowest BCUT2D eigenvalue weighted by Gasteiger charge is -2.14. The fraction of sp³-hybridized carbons (Fsp3) is 0.235. The molecule has 0 radical (unpaired) electrons. The van der Waals surface area contributed by atoms with Gasteiger partial charge in [0.2, 0.25) is 6.79 Å². The molecule has 0 amide bonds. The number of hydrogen-bond donors (Lipinski definition) is 0. The van der Waals surface area contributed by atoms with Crippen LogP contribution in [0.3, 0.4) is 0 Å². The van der Waals surface area contributed by atoms with Crippen molar-refractivity contribution in [3.63, 3.8) is 0 Å². The lowest BCUT2D eigenvalue weighted by atomic mass is 9.92. The third-order valence-corrected chi connectivity index (χ3v) is 3.60. The van der Waals surface area contributed by atoms with E-state index in [0.29, 0.717) is 29.2 Å². The van der Waals surface area contributed by atoms with Gasteiger partial charge in [0, 0.05) is 5.56 Å². The molecule has 0 saturated carbocycles. The fourth-order valence-corrected chi connectivity index (χ4v) is 2.51. The van der Waals surface area contributed by atoms with Gasteiger partial charge in [0.1, 0.15) is 11.6 Å². The minimum Gasteiger partial charge on any atom is -0.496 e. The lowest BCUT2D eigenvalue weighted by molar-refractivity contribution is 0.174. The Bertz CT molecular complexity index is 739. The zero-order valence-electron chi connectivity index (χ0n) is 12.0. The van der Waals surface area contributed by atoms with E-state index in [0.717, 1.165) is 5.56 Å². The van der Waals surface area contributed by atoms with Crippen LogP contribution in [0.25, 0.3) is 0 Å². The van der Waals surface area contributed by atoms with Crippen LogP contribution in [0.4, 0.5) is 4.39 Å². The van der Waals surface area contributed by atoms with Crippen molar-refractivity contribution in [2.24, 2.45) is 0 Å². The van der Waals surface area contributed by atoms with Crippen LogP contribution in [0.2, 0.25) is 0 Å². The minimum atomic E-state index is -0.508. The number of nitriles is 1. The molecule has 22 heavy (non-hydrogen) atoms. The van der Waals surface area contributed by atoms with E-state index in [1.54, 1.807) is 0 Å². The van der Waals surface area contributed by atoms with E-state index in [2.05, 4.69) is 6.07 Å². The highest BCUT2D eigenvalue weighted by Gasteiger charge is 2.19. The van der Waals surface area contributed by atoms with E-state index in [9.17, 15) is 9.65 Å². The molecule has 2 aromatic carbocycles. The summed E-state index contributed by atoms with van der Waals surface area (Å²) in [5.74, 6) is 0.974. The quantitative estimate of drug-likeness (QED) is 0.868. The van der Waals surface area contributed by atoms with Crippen LogP contribution < -0.4 is 14.2 Å². The minimum absolute atomic E-state index is 0.207. The molecule has 1 unspecified atom stereocenters. The molecule has 1 aliphatic heterocycles. The van der Waals surface area contributed by atoms with Gasteiger partial charge >= 0.3 is 0 Å². The van der Waals surface area contributed by atoms with Crippen molar-refractivity contribution >= 4 is 0 Å². The third-order valence-electron chi connectivity index (χ3n) is 3.60. The van der Waals surface area contributed by atoms with E-state index in [1.165, 1.54) is 25.3 Å². The Labute approximate surface area is 127 Å². The maximum atomic E-state index is 13.5. The first-order valence-corrected chi connectivity index (χ1v) is 6.83. The summed E-state index contributed by atoms with van der Waals surface area (Å²) in [5, 5.41) is 9.46. The van der Waals surface area contributed by atoms with Crippen LogP contribution in [-0.4, -0.2) is 13.9 Å². The molecule has 4 nitrogen and oxygen atoms in total. The monoisotopic (exact) mass is 299 g/mol. The molecule has 1 atom stereocenters. The Morgan fingerprint density at radius 3 is 2.82 bits per heavy atom. The molecule has 3 rings (SSSR count). The van der Waals surface area contributed by atoms with Crippen molar-refractivity contribution in [2.75, 3.05) is 13.9 Å². The summed E-state index contributed by atoms with van der Waals surface area (Å²) < 4.78 is 29.3. The highest BCUT2D eigenvalue weighted by Crippen LogP contribution is 2.35. The van der Waals surface area contributed by atoms with Crippen LogP contribution in [0, 0.1) is 17.1 Å². The van der Waals surface area contributed by atoms with E-state index in [4.69, 9.17) is 14.2 Å².